The summed E-state index contributed by atoms with van der Waals surface area (Å²) in [7, 11) is -5.31. The van der Waals surface area contributed by atoms with Crippen LogP contribution in [0.1, 0.15) is 32.1 Å². The van der Waals surface area contributed by atoms with Gasteiger partial charge in [0, 0.05) is 0 Å². The normalized spacial score (nSPS) is 41.7. The largest absolute Gasteiger partial charge is 0.541 e. The van der Waals surface area contributed by atoms with Gasteiger partial charge in [-0.2, -0.15) is 13.2 Å². The van der Waals surface area contributed by atoms with Crippen molar-refractivity contribution in [1.82, 2.24) is 0 Å². The van der Waals surface area contributed by atoms with Crippen LogP contribution in [-0.4, -0.2) is 20.5 Å². The van der Waals surface area contributed by atoms with Gasteiger partial charge in [-0.3, -0.25) is 0 Å². The maximum Gasteiger partial charge on any atom is 0.480 e. The van der Waals surface area contributed by atoms with Crippen molar-refractivity contribution in [3.8, 4) is 0 Å². The Morgan fingerprint density at radius 3 is 1.84 bits per heavy atom. The van der Waals surface area contributed by atoms with E-state index < -0.39 is 15.5 Å². The second kappa shape index (κ2) is 4.35. The highest BCUT2D eigenvalue weighted by atomic mass is 32.2. The minimum Gasteiger partial charge on any atom is -0.541 e. The van der Waals surface area contributed by atoms with Gasteiger partial charge in [-0.15, -0.1) is 6.54 Å². The van der Waals surface area contributed by atoms with Crippen molar-refractivity contribution in [3.63, 3.8) is 0 Å². The molecule has 0 aromatic heterocycles. The summed E-state index contributed by atoms with van der Waals surface area (Å²) >= 11 is 0. The lowest BCUT2D eigenvalue weighted by Crippen LogP contribution is -2.46. The van der Waals surface area contributed by atoms with Crippen LogP contribution in [0.25, 0.3) is 4.72 Å². The van der Waals surface area contributed by atoms with Crippen molar-refractivity contribution >= 4 is 10.0 Å². The first-order chi connectivity index (χ1) is 8.76. The molecular formula is C12H17F3NO2S-. The second-order valence-electron chi connectivity index (χ2n) is 6.33. The van der Waals surface area contributed by atoms with Crippen molar-refractivity contribution in [2.24, 2.45) is 29.6 Å². The quantitative estimate of drug-likeness (QED) is 0.802. The molecule has 0 aliphatic heterocycles. The highest BCUT2D eigenvalue weighted by molar-refractivity contribution is 7.94. The van der Waals surface area contributed by atoms with E-state index in [4.69, 9.17) is 0 Å². The Hall–Kier alpha value is -0.300. The van der Waals surface area contributed by atoms with Gasteiger partial charge >= 0.3 is 5.51 Å². The Balaban J connectivity index is 1.65. The number of rotatable bonds is 3. The first-order valence-corrected chi connectivity index (χ1v) is 8.20. The van der Waals surface area contributed by atoms with Crippen LogP contribution in [0, 0.1) is 29.6 Å². The van der Waals surface area contributed by atoms with Gasteiger partial charge < -0.3 is 4.72 Å². The van der Waals surface area contributed by atoms with E-state index in [2.05, 4.69) is 4.72 Å². The van der Waals surface area contributed by atoms with E-state index in [0.717, 1.165) is 37.5 Å². The first-order valence-electron chi connectivity index (χ1n) is 6.76. The third-order valence-electron chi connectivity index (χ3n) is 5.17. The topological polar surface area (TPSA) is 48.2 Å². The van der Waals surface area contributed by atoms with Crippen molar-refractivity contribution in [2.45, 2.75) is 37.6 Å². The Morgan fingerprint density at radius 1 is 0.947 bits per heavy atom. The Labute approximate surface area is 111 Å². The van der Waals surface area contributed by atoms with E-state index in [0.29, 0.717) is 11.8 Å². The number of nitrogens with zero attached hydrogens (tertiary/aromatic N) is 1. The maximum absolute atomic E-state index is 12.3. The molecule has 0 atom stereocenters. The Kier molecular flexibility index (Phi) is 3.13. The van der Waals surface area contributed by atoms with Gasteiger partial charge in [-0.25, -0.2) is 8.42 Å². The molecule has 0 aromatic rings. The zero-order chi connectivity index (χ0) is 13.8. The molecule has 0 aromatic carbocycles. The molecule has 4 aliphatic rings. The molecular weight excluding hydrogens is 279 g/mol. The highest BCUT2D eigenvalue weighted by Crippen LogP contribution is 2.56. The summed E-state index contributed by atoms with van der Waals surface area (Å²) in [4.78, 5) is 0. The molecule has 19 heavy (non-hydrogen) atoms. The van der Waals surface area contributed by atoms with E-state index in [1.54, 1.807) is 0 Å². The molecule has 7 heteroatoms. The third kappa shape index (κ3) is 2.39. The number of halogens is 3. The van der Waals surface area contributed by atoms with Crippen molar-refractivity contribution < 1.29 is 21.6 Å². The molecule has 3 nitrogen and oxygen atoms in total. The summed E-state index contributed by atoms with van der Waals surface area (Å²) in [6, 6.07) is 0. The average molecular weight is 296 g/mol. The lowest BCUT2D eigenvalue weighted by Gasteiger charge is -2.56. The predicted octanol–water partition coefficient (Wildman–Crippen LogP) is 3.28. The lowest BCUT2D eigenvalue weighted by atomic mass is 9.52. The fraction of sp³-hybridized carbons (Fsp3) is 1.00. The van der Waals surface area contributed by atoms with Gasteiger partial charge in [0.1, 0.15) is 0 Å². The molecule has 0 N–H and O–H groups in total. The van der Waals surface area contributed by atoms with Crippen LogP contribution in [0.15, 0.2) is 0 Å². The van der Waals surface area contributed by atoms with Gasteiger partial charge in [-0.1, -0.05) is 5.92 Å². The van der Waals surface area contributed by atoms with Crippen molar-refractivity contribution in [3.05, 3.63) is 4.72 Å². The Bertz CT molecular complexity index is 432. The molecule has 4 bridgehead atoms. The van der Waals surface area contributed by atoms with Crippen LogP contribution in [0.3, 0.4) is 0 Å². The molecule has 0 saturated heterocycles. The molecule has 4 aliphatic carbocycles. The summed E-state index contributed by atoms with van der Waals surface area (Å²) in [5, 5.41) is 0. The average Bonchev–Trinajstić information content (AvgIpc) is 2.25. The fourth-order valence-electron chi connectivity index (χ4n) is 4.59. The standard InChI is InChI=1S/C12H17F3NO2S/c13-12(14,15)19(17,18)16-6-11-9-2-7-1-8(4-9)5-10(11)3-7/h7-11H,1-6H2/q-1. The summed E-state index contributed by atoms with van der Waals surface area (Å²) in [6.45, 7) is -0.170. The van der Waals surface area contributed by atoms with Crippen LogP contribution in [-0.2, 0) is 10.0 Å². The van der Waals surface area contributed by atoms with Gasteiger partial charge in [0.25, 0.3) is 0 Å². The lowest BCUT2D eigenvalue weighted by molar-refractivity contribution is -0.0438. The number of sulfonamides is 1. The van der Waals surface area contributed by atoms with Gasteiger partial charge in [0.15, 0.2) is 10.0 Å². The summed E-state index contributed by atoms with van der Waals surface area (Å²) < 4.78 is 61.8. The van der Waals surface area contributed by atoms with Crippen LogP contribution < -0.4 is 0 Å². The van der Waals surface area contributed by atoms with Crippen molar-refractivity contribution in [2.75, 3.05) is 6.54 Å². The summed E-state index contributed by atoms with van der Waals surface area (Å²) in [5.41, 5.74) is -5.25. The zero-order valence-electron chi connectivity index (χ0n) is 10.4. The zero-order valence-corrected chi connectivity index (χ0v) is 11.3. The van der Waals surface area contributed by atoms with E-state index in [9.17, 15) is 21.6 Å². The molecule has 0 spiro atoms. The SMILES string of the molecule is O=S(=O)([N-]CC1C2CC3CC(C2)CC1C3)C(F)(F)F. The number of hydrogen-bond acceptors (Lipinski definition) is 2. The van der Waals surface area contributed by atoms with Gasteiger partial charge in [-0.05, 0) is 55.8 Å². The number of alkyl halides is 3. The van der Waals surface area contributed by atoms with E-state index in [1.807, 2.05) is 0 Å². The molecule has 0 unspecified atom stereocenters. The summed E-state index contributed by atoms with van der Waals surface area (Å²) in [6.07, 6.45) is 5.48. The van der Waals surface area contributed by atoms with Crippen LogP contribution in [0.2, 0.25) is 0 Å². The minimum atomic E-state index is -5.31. The van der Waals surface area contributed by atoms with Crippen molar-refractivity contribution in [1.29, 1.82) is 0 Å². The molecule has 0 amide bonds. The predicted molar refractivity (Wildman–Crippen MR) is 63.7 cm³/mol. The molecule has 0 heterocycles. The van der Waals surface area contributed by atoms with E-state index in [1.165, 1.54) is 6.42 Å². The highest BCUT2D eigenvalue weighted by Gasteiger charge is 2.47. The number of hydrogen-bond donors (Lipinski definition) is 0. The maximum atomic E-state index is 12.3. The fourth-order valence-corrected chi connectivity index (χ4v) is 5.11. The minimum absolute atomic E-state index is 0.0462. The first kappa shape index (κ1) is 13.7. The van der Waals surface area contributed by atoms with E-state index in [-0.39, 0.29) is 12.5 Å². The third-order valence-corrected chi connectivity index (χ3v) is 6.24. The van der Waals surface area contributed by atoms with Gasteiger partial charge in [0.2, 0.25) is 0 Å². The monoisotopic (exact) mass is 296 g/mol. The van der Waals surface area contributed by atoms with Crippen LogP contribution in [0.5, 0.6) is 0 Å². The van der Waals surface area contributed by atoms with Gasteiger partial charge in [0.05, 0.1) is 0 Å². The smallest absolute Gasteiger partial charge is 0.480 e. The van der Waals surface area contributed by atoms with E-state index >= 15 is 0 Å². The molecule has 110 valence electrons. The Morgan fingerprint density at radius 2 is 1.42 bits per heavy atom. The summed E-state index contributed by atoms with van der Waals surface area (Å²) in [5.74, 6) is 2.27. The van der Waals surface area contributed by atoms with Crippen LogP contribution >= 0.6 is 0 Å². The van der Waals surface area contributed by atoms with Crippen LogP contribution in [0.4, 0.5) is 13.2 Å². The molecule has 0 radical (unpaired) electrons. The second-order valence-corrected chi connectivity index (χ2v) is 8.00. The molecule has 4 rings (SSSR count). The molecule has 4 fully saturated rings. The molecule has 4 saturated carbocycles.